The lowest BCUT2D eigenvalue weighted by Crippen LogP contribution is -2.19. The van der Waals surface area contributed by atoms with Crippen LogP contribution in [0.15, 0.2) is 41.2 Å². The first kappa shape index (κ1) is 15.8. The number of nitrogens with zero attached hydrogens (tertiary/aromatic N) is 5. The molecule has 0 aliphatic carbocycles. The minimum atomic E-state index is 0.281. The fourth-order valence-corrected chi connectivity index (χ4v) is 3.27. The largest absolute Gasteiger partial charge is 0.497 e. The monoisotopic (exact) mass is 339 g/mol. The number of aryl methyl sites for hydroxylation is 1. The first-order valence-electron chi connectivity index (χ1n) is 8.39. The van der Waals surface area contributed by atoms with E-state index in [0.29, 0.717) is 11.7 Å². The molecule has 0 radical (unpaired) electrons. The number of hydrogen-bond acceptors (Lipinski definition) is 6. The first-order valence-corrected chi connectivity index (χ1v) is 8.39. The molecule has 1 aliphatic rings. The van der Waals surface area contributed by atoms with Crippen molar-refractivity contribution in [1.29, 1.82) is 0 Å². The summed E-state index contributed by atoms with van der Waals surface area (Å²) in [5.74, 6) is 2.39. The van der Waals surface area contributed by atoms with E-state index in [9.17, 15) is 0 Å². The number of aromatic nitrogens is 4. The van der Waals surface area contributed by atoms with E-state index >= 15 is 0 Å². The summed E-state index contributed by atoms with van der Waals surface area (Å²) in [6.45, 7) is 2.85. The van der Waals surface area contributed by atoms with Gasteiger partial charge in [-0.2, -0.15) is 10.1 Å². The van der Waals surface area contributed by atoms with Gasteiger partial charge in [-0.05, 0) is 25.1 Å². The van der Waals surface area contributed by atoms with Crippen LogP contribution in [0, 0.1) is 0 Å². The molecular weight excluding hydrogens is 318 g/mol. The van der Waals surface area contributed by atoms with Crippen LogP contribution in [0.25, 0.3) is 11.4 Å². The van der Waals surface area contributed by atoms with Gasteiger partial charge in [-0.1, -0.05) is 17.3 Å². The predicted molar refractivity (Wildman–Crippen MR) is 92.1 cm³/mol. The van der Waals surface area contributed by atoms with Crippen molar-refractivity contribution in [1.82, 2.24) is 24.8 Å². The van der Waals surface area contributed by atoms with E-state index in [2.05, 4.69) is 26.3 Å². The van der Waals surface area contributed by atoms with E-state index in [4.69, 9.17) is 9.26 Å². The minimum Gasteiger partial charge on any atom is -0.497 e. The van der Waals surface area contributed by atoms with Crippen LogP contribution in [-0.4, -0.2) is 45.0 Å². The van der Waals surface area contributed by atoms with Crippen molar-refractivity contribution in [3.63, 3.8) is 0 Å². The van der Waals surface area contributed by atoms with Crippen molar-refractivity contribution in [3.05, 3.63) is 48.1 Å². The summed E-state index contributed by atoms with van der Waals surface area (Å²) in [4.78, 5) is 7.01. The number of methoxy groups -OCH3 is 1. The topological polar surface area (TPSA) is 69.2 Å². The maximum atomic E-state index is 5.53. The molecule has 7 heteroatoms. The van der Waals surface area contributed by atoms with Crippen molar-refractivity contribution in [2.45, 2.75) is 18.9 Å². The highest BCUT2D eigenvalue weighted by Crippen LogP contribution is 2.29. The number of benzene rings is 1. The van der Waals surface area contributed by atoms with E-state index in [0.717, 1.165) is 37.4 Å². The molecule has 3 aromatic rings. The third kappa shape index (κ3) is 3.41. The summed E-state index contributed by atoms with van der Waals surface area (Å²) in [7, 11) is 3.59. The molecule has 1 aromatic carbocycles. The van der Waals surface area contributed by atoms with Crippen LogP contribution in [-0.2, 0) is 13.6 Å². The van der Waals surface area contributed by atoms with Gasteiger partial charge in [0.1, 0.15) is 5.75 Å². The number of likely N-dealkylation sites (tertiary alicyclic amines) is 1. The molecule has 1 fully saturated rings. The molecule has 0 N–H and O–H groups in total. The number of hydrogen-bond donors (Lipinski definition) is 0. The highest BCUT2D eigenvalue weighted by molar-refractivity contribution is 5.56. The molecule has 0 spiro atoms. The van der Waals surface area contributed by atoms with Crippen LogP contribution < -0.4 is 4.74 Å². The Morgan fingerprint density at radius 3 is 3.08 bits per heavy atom. The molecule has 25 heavy (non-hydrogen) atoms. The summed E-state index contributed by atoms with van der Waals surface area (Å²) in [6.07, 6.45) is 5.00. The Morgan fingerprint density at radius 2 is 2.28 bits per heavy atom. The predicted octanol–water partition coefficient (Wildman–Crippen LogP) is 2.47. The Balaban J connectivity index is 1.44. The van der Waals surface area contributed by atoms with Crippen LogP contribution >= 0.6 is 0 Å². The molecule has 0 amide bonds. The van der Waals surface area contributed by atoms with Gasteiger partial charge in [-0.3, -0.25) is 9.58 Å². The molecule has 0 unspecified atom stereocenters. The Kier molecular flexibility index (Phi) is 4.23. The smallest absolute Gasteiger partial charge is 0.231 e. The van der Waals surface area contributed by atoms with Crippen molar-refractivity contribution in [2.24, 2.45) is 7.05 Å². The highest BCUT2D eigenvalue weighted by Gasteiger charge is 2.28. The van der Waals surface area contributed by atoms with E-state index in [1.165, 1.54) is 5.56 Å². The van der Waals surface area contributed by atoms with Crippen molar-refractivity contribution >= 4 is 0 Å². The maximum absolute atomic E-state index is 5.53. The van der Waals surface area contributed by atoms with Crippen molar-refractivity contribution in [3.8, 4) is 17.1 Å². The lowest BCUT2D eigenvalue weighted by Gasteiger charge is -2.13. The number of ether oxygens (including phenoxy) is 1. The van der Waals surface area contributed by atoms with Gasteiger partial charge in [-0.25, -0.2) is 0 Å². The average Bonchev–Trinajstić information content (AvgIpc) is 3.36. The zero-order chi connectivity index (χ0) is 17.2. The van der Waals surface area contributed by atoms with Crippen LogP contribution in [0.2, 0.25) is 0 Å². The Morgan fingerprint density at radius 1 is 1.36 bits per heavy atom. The molecule has 0 saturated carbocycles. The van der Waals surface area contributed by atoms with Gasteiger partial charge in [0.2, 0.25) is 11.7 Å². The van der Waals surface area contributed by atoms with Crippen LogP contribution in [0.1, 0.15) is 23.8 Å². The Bertz CT molecular complexity index is 857. The van der Waals surface area contributed by atoms with E-state index in [1.807, 2.05) is 42.2 Å². The van der Waals surface area contributed by atoms with Gasteiger partial charge in [0.05, 0.1) is 19.2 Å². The SMILES string of the molecule is COc1cccc(-c2noc([C@@H]3CCN(Cc4cnn(C)c4)C3)n2)c1. The van der Waals surface area contributed by atoms with E-state index in [1.54, 1.807) is 7.11 Å². The molecule has 1 saturated heterocycles. The lowest BCUT2D eigenvalue weighted by molar-refractivity contribution is 0.309. The summed E-state index contributed by atoms with van der Waals surface area (Å²) in [5, 5.41) is 8.37. The third-order valence-corrected chi connectivity index (χ3v) is 4.56. The zero-order valence-electron chi connectivity index (χ0n) is 14.4. The summed E-state index contributed by atoms with van der Waals surface area (Å²) in [5.41, 5.74) is 2.13. The molecule has 1 aliphatic heterocycles. The molecule has 2 aromatic heterocycles. The van der Waals surface area contributed by atoms with E-state index < -0.39 is 0 Å². The zero-order valence-corrected chi connectivity index (χ0v) is 14.4. The second kappa shape index (κ2) is 6.68. The van der Waals surface area contributed by atoms with Gasteiger partial charge in [0.25, 0.3) is 0 Å². The fraction of sp³-hybridized carbons (Fsp3) is 0.389. The highest BCUT2D eigenvalue weighted by atomic mass is 16.5. The molecule has 1 atom stereocenters. The number of rotatable bonds is 5. The molecule has 4 rings (SSSR count). The second-order valence-electron chi connectivity index (χ2n) is 6.43. The molecule has 3 heterocycles. The van der Waals surface area contributed by atoms with Gasteiger partial charge in [-0.15, -0.1) is 0 Å². The molecule has 130 valence electrons. The van der Waals surface area contributed by atoms with Gasteiger partial charge < -0.3 is 9.26 Å². The van der Waals surface area contributed by atoms with Gasteiger partial charge >= 0.3 is 0 Å². The molecule has 7 nitrogen and oxygen atoms in total. The minimum absolute atomic E-state index is 0.281. The molecular formula is C18H21N5O2. The van der Waals surface area contributed by atoms with Gasteiger partial charge in [0.15, 0.2) is 0 Å². The van der Waals surface area contributed by atoms with Crippen LogP contribution in [0.5, 0.6) is 5.75 Å². The Labute approximate surface area is 146 Å². The normalized spacial score (nSPS) is 17.9. The standard InChI is InChI=1S/C18H21N5O2/c1-22-10-13(9-19-22)11-23-7-6-15(12-23)18-20-17(21-25-18)14-4-3-5-16(8-14)24-2/h3-5,8-10,15H,6-7,11-12H2,1-2H3/t15-/m1/s1. The lowest BCUT2D eigenvalue weighted by atomic mass is 10.1. The first-order chi connectivity index (χ1) is 12.2. The maximum Gasteiger partial charge on any atom is 0.231 e. The average molecular weight is 339 g/mol. The van der Waals surface area contributed by atoms with Gasteiger partial charge in [0, 0.05) is 37.5 Å². The summed E-state index contributed by atoms with van der Waals surface area (Å²) >= 11 is 0. The van der Waals surface area contributed by atoms with Crippen molar-refractivity contribution < 1.29 is 9.26 Å². The third-order valence-electron chi connectivity index (χ3n) is 4.56. The van der Waals surface area contributed by atoms with E-state index in [-0.39, 0.29) is 5.92 Å². The van der Waals surface area contributed by atoms with Crippen molar-refractivity contribution in [2.75, 3.05) is 20.2 Å². The fourth-order valence-electron chi connectivity index (χ4n) is 3.27. The molecule has 0 bridgehead atoms. The second-order valence-corrected chi connectivity index (χ2v) is 6.43. The summed E-state index contributed by atoms with van der Waals surface area (Å²) in [6, 6.07) is 7.70. The summed E-state index contributed by atoms with van der Waals surface area (Å²) < 4.78 is 12.6. The quantitative estimate of drug-likeness (QED) is 0.711. The van der Waals surface area contributed by atoms with Crippen LogP contribution in [0.4, 0.5) is 0 Å². The Hall–Kier alpha value is -2.67. The van der Waals surface area contributed by atoms with Crippen LogP contribution in [0.3, 0.4) is 0 Å².